The number of amides is 1. The molecule has 2 aromatic heterocycles. The highest BCUT2D eigenvalue weighted by Gasteiger charge is 2.43. The second-order valence-corrected chi connectivity index (χ2v) is 6.98. The maximum atomic E-state index is 13.2. The van der Waals surface area contributed by atoms with Gasteiger partial charge in [0, 0.05) is 13.0 Å². The van der Waals surface area contributed by atoms with Crippen molar-refractivity contribution in [2.45, 2.75) is 51.7 Å². The van der Waals surface area contributed by atoms with Crippen LogP contribution in [0.2, 0.25) is 5.02 Å². The van der Waals surface area contributed by atoms with Gasteiger partial charge in [-0.25, -0.2) is 0 Å². The van der Waals surface area contributed by atoms with Gasteiger partial charge in [0.1, 0.15) is 6.04 Å². The van der Waals surface area contributed by atoms with Gasteiger partial charge in [-0.05, 0) is 33.6 Å². The van der Waals surface area contributed by atoms with Crippen LogP contribution in [0.4, 0.5) is 18.9 Å². The molecule has 1 fully saturated rings. The first-order valence-corrected chi connectivity index (χ1v) is 8.56. The first-order chi connectivity index (χ1) is 12.0. The lowest BCUT2D eigenvalue weighted by molar-refractivity contribution is -0.141. The van der Waals surface area contributed by atoms with Crippen molar-refractivity contribution in [3.05, 3.63) is 27.8 Å². The zero-order chi connectivity index (χ0) is 19.4. The molecule has 26 heavy (non-hydrogen) atoms. The molecule has 1 N–H and O–H groups in total. The number of carbonyl (C=O) groups excluding carboxylic acids is 1. The Hall–Kier alpha value is -2.03. The summed E-state index contributed by atoms with van der Waals surface area (Å²) in [4.78, 5) is 12.7. The first-order valence-electron chi connectivity index (χ1n) is 8.18. The number of halogens is 4. The van der Waals surface area contributed by atoms with E-state index in [9.17, 15) is 18.0 Å². The minimum atomic E-state index is -4.67. The van der Waals surface area contributed by atoms with Crippen LogP contribution in [0.3, 0.4) is 0 Å². The van der Waals surface area contributed by atoms with E-state index in [4.69, 9.17) is 11.6 Å². The van der Waals surface area contributed by atoms with E-state index in [-0.39, 0.29) is 11.6 Å². The molecule has 2 heterocycles. The van der Waals surface area contributed by atoms with Gasteiger partial charge in [0.2, 0.25) is 5.91 Å². The fourth-order valence-electron chi connectivity index (χ4n) is 2.92. The van der Waals surface area contributed by atoms with Crippen molar-refractivity contribution >= 4 is 23.2 Å². The number of hydrogen-bond acceptors (Lipinski definition) is 3. The number of aromatic nitrogens is 4. The minimum Gasteiger partial charge on any atom is -0.321 e. The second kappa shape index (κ2) is 6.29. The standard InChI is InChI=1S/C16H19ClF3N5O/c1-7-12(8(2)24(4)22-7)21-15(26)9(3)25-13(10-5-6-10)11(17)14(23-25)16(18,19)20/h9-10H,5-6H2,1-4H3,(H,21,26)/t9-/m1/s1. The number of nitrogens with zero attached hydrogens (tertiary/aromatic N) is 4. The normalized spacial score (nSPS) is 16.0. The van der Waals surface area contributed by atoms with Crippen LogP contribution in [0.25, 0.3) is 0 Å². The average molecular weight is 390 g/mol. The van der Waals surface area contributed by atoms with Crippen molar-refractivity contribution in [1.29, 1.82) is 0 Å². The SMILES string of the molecule is Cc1nn(C)c(C)c1NC(=O)[C@@H](C)n1nc(C(F)(F)F)c(Cl)c1C1CC1. The van der Waals surface area contributed by atoms with Gasteiger partial charge >= 0.3 is 6.18 Å². The molecule has 0 radical (unpaired) electrons. The summed E-state index contributed by atoms with van der Waals surface area (Å²) in [6.45, 7) is 5.05. The largest absolute Gasteiger partial charge is 0.436 e. The molecule has 10 heteroatoms. The molecule has 3 rings (SSSR count). The fraction of sp³-hybridized carbons (Fsp3) is 0.562. The van der Waals surface area contributed by atoms with Crippen LogP contribution in [0.15, 0.2) is 0 Å². The van der Waals surface area contributed by atoms with E-state index >= 15 is 0 Å². The third-order valence-corrected chi connectivity index (χ3v) is 5.00. The Balaban J connectivity index is 1.94. The lowest BCUT2D eigenvalue weighted by Crippen LogP contribution is -2.26. The van der Waals surface area contributed by atoms with Crippen molar-refractivity contribution in [1.82, 2.24) is 19.6 Å². The Bertz CT molecular complexity index is 866. The maximum absolute atomic E-state index is 13.2. The molecular formula is C16H19ClF3N5O. The molecule has 0 spiro atoms. The van der Waals surface area contributed by atoms with Crippen LogP contribution in [0.5, 0.6) is 0 Å². The van der Waals surface area contributed by atoms with Gasteiger partial charge in [-0.3, -0.25) is 14.2 Å². The number of hydrogen-bond donors (Lipinski definition) is 1. The van der Waals surface area contributed by atoms with Crippen LogP contribution >= 0.6 is 11.6 Å². The van der Waals surface area contributed by atoms with Crippen molar-refractivity contribution < 1.29 is 18.0 Å². The highest BCUT2D eigenvalue weighted by Crippen LogP contribution is 2.47. The third-order valence-electron chi connectivity index (χ3n) is 4.62. The summed E-state index contributed by atoms with van der Waals surface area (Å²) in [7, 11) is 1.75. The summed E-state index contributed by atoms with van der Waals surface area (Å²) < 4.78 is 42.3. The van der Waals surface area contributed by atoms with Gasteiger partial charge in [0.15, 0.2) is 5.69 Å². The number of carbonyl (C=O) groups is 1. The Kier molecular flexibility index (Phi) is 4.54. The lowest BCUT2D eigenvalue weighted by Gasteiger charge is -2.16. The Morgan fingerprint density at radius 1 is 1.31 bits per heavy atom. The predicted molar refractivity (Wildman–Crippen MR) is 90.2 cm³/mol. The monoisotopic (exact) mass is 389 g/mol. The highest BCUT2D eigenvalue weighted by molar-refractivity contribution is 6.32. The molecule has 142 valence electrons. The summed E-state index contributed by atoms with van der Waals surface area (Å²) in [5.41, 5.74) is 1.06. The van der Waals surface area contributed by atoms with E-state index < -0.39 is 28.8 Å². The van der Waals surface area contributed by atoms with E-state index in [1.807, 2.05) is 0 Å². The van der Waals surface area contributed by atoms with Crippen LogP contribution in [0.1, 0.15) is 54.5 Å². The average Bonchev–Trinajstić information content (AvgIpc) is 3.27. The number of anilines is 1. The zero-order valence-corrected chi connectivity index (χ0v) is 15.5. The van der Waals surface area contributed by atoms with Gasteiger partial charge in [-0.1, -0.05) is 11.6 Å². The van der Waals surface area contributed by atoms with Crippen LogP contribution in [-0.4, -0.2) is 25.5 Å². The molecular weight excluding hydrogens is 371 g/mol. The summed E-state index contributed by atoms with van der Waals surface area (Å²) >= 11 is 5.96. The molecule has 1 saturated carbocycles. The van der Waals surface area contributed by atoms with E-state index in [1.54, 1.807) is 25.6 Å². The zero-order valence-electron chi connectivity index (χ0n) is 14.8. The topological polar surface area (TPSA) is 64.7 Å². The number of rotatable bonds is 4. The predicted octanol–water partition coefficient (Wildman–Crippen LogP) is 3.98. The van der Waals surface area contributed by atoms with Crippen LogP contribution in [-0.2, 0) is 18.0 Å². The molecule has 1 amide bonds. The van der Waals surface area contributed by atoms with Gasteiger partial charge in [-0.2, -0.15) is 23.4 Å². The Labute approximate surface area is 153 Å². The molecule has 1 aliphatic carbocycles. The fourth-order valence-corrected chi connectivity index (χ4v) is 3.31. The van der Waals surface area contributed by atoms with Crippen molar-refractivity contribution in [3.63, 3.8) is 0 Å². The minimum absolute atomic E-state index is 0.0942. The molecule has 0 aliphatic heterocycles. The van der Waals surface area contributed by atoms with Gasteiger partial charge in [0.05, 0.1) is 27.8 Å². The second-order valence-electron chi connectivity index (χ2n) is 6.60. The quantitative estimate of drug-likeness (QED) is 0.860. The maximum Gasteiger partial charge on any atom is 0.436 e. The molecule has 1 aliphatic rings. The van der Waals surface area contributed by atoms with E-state index in [0.29, 0.717) is 11.4 Å². The number of alkyl halides is 3. The highest BCUT2D eigenvalue weighted by atomic mass is 35.5. The molecule has 0 bridgehead atoms. The van der Waals surface area contributed by atoms with Crippen LogP contribution in [0, 0.1) is 13.8 Å². The lowest BCUT2D eigenvalue weighted by atomic mass is 10.2. The van der Waals surface area contributed by atoms with Crippen LogP contribution < -0.4 is 5.32 Å². The van der Waals surface area contributed by atoms with Crippen molar-refractivity contribution in [2.75, 3.05) is 5.32 Å². The smallest absolute Gasteiger partial charge is 0.321 e. The summed E-state index contributed by atoms with van der Waals surface area (Å²) in [6.07, 6.45) is -3.20. The summed E-state index contributed by atoms with van der Waals surface area (Å²) in [5.74, 6) is -0.567. The molecule has 6 nitrogen and oxygen atoms in total. The molecule has 2 aromatic rings. The Morgan fingerprint density at radius 3 is 2.38 bits per heavy atom. The van der Waals surface area contributed by atoms with E-state index in [0.717, 1.165) is 23.2 Å². The van der Waals surface area contributed by atoms with E-state index in [2.05, 4.69) is 15.5 Å². The summed E-state index contributed by atoms with van der Waals surface area (Å²) in [5, 5.41) is 10.2. The van der Waals surface area contributed by atoms with Crippen molar-refractivity contribution in [2.24, 2.45) is 7.05 Å². The molecule has 1 atom stereocenters. The third kappa shape index (κ3) is 3.20. The van der Waals surface area contributed by atoms with Gasteiger partial charge < -0.3 is 5.32 Å². The molecule has 0 aromatic carbocycles. The van der Waals surface area contributed by atoms with E-state index in [1.165, 1.54) is 6.92 Å². The van der Waals surface area contributed by atoms with Gasteiger partial charge in [0.25, 0.3) is 0 Å². The number of nitrogens with one attached hydrogen (secondary N) is 1. The summed E-state index contributed by atoms with van der Waals surface area (Å²) in [6, 6.07) is -0.946. The van der Waals surface area contributed by atoms with Crippen molar-refractivity contribution in [3.8, 4) is 0 Å². The molecule has 0 unspecified atom stereocenters. The number of aryl methyl sites for hydroxylation is 2. The first kappa shape index (κ1) is 18.8. The molecule has 0 saturated heterocycles. The van der Waals surface area contributed by atoms with Gasteiger partial charge in [-0.15, -0.1) is 0 Å². The Morgan fingerprint density at radius 2 is 1.92 bits per heavy atom.